The van der Waals surface area contributed by atoms with Crippen molar-refractivity contribution in [3.63, 3.8) is 0 Å². The fraction of sp³-hybridized carbons (Fsp3) is 0.350. The van der Waals surface area contributed by atoms with Crippen LogP contribution in [0.15, 0.2) is 47.5 Å². The van der Waals surface area contributed by atoms with Crippen LogP contribution in [0.5, 0.6) is 11.5 Å². The van der Waals surface area contributed by atoms with E-state index in [9.17, 15) is 5.11 Å². The third kappa shape index (κ3) is 6.09. The minimum atomic E-state index is 0. The summed E-state index contributed by atoms with van der Waals surface area (Å²) in [4.78, 5) is 6.44. The monoisotopic (exact) mass is 469 g/mol. The standard InChI is InChI=1S/C20H27N3O2.HI/c1-15-7-5-6-8-17(15)14-23(3)20(21-2)22-12-11-16-9-10-18(25-4)13-19(16)24;/h5-10,13,24H,11-12,14H2,1-4H3,(H,21,22);1H. The first kappa shape index (κ1) is 22.1. The number of ether oxygens (including phenoxy) is 1. The molecular weight excluding hydrogens is 441 g/mol. The SMILES string of the molecule is CN=C(NCCc1ccc(OC)cc1O)N(C)Cc1ccccc1C.I. The molecule has 0 radical (unpaired) electrons. The first-order valence-electron chi connectivity index (χ1n) is 8.37. The van der Waals surface area contributed by atoms with Gasteiger partial charge in [-0.15, -0.1) is 24.0 Å². The molecule has 142 valence electrons. The third-order valence-electron chi connectivity index (χ3n) is 4.21. The Balaban J connectivity index is 0.00000338. The molecule has 0 aliphatic rings. The number of aromatic hydroxyl groups is 1. The van der Waals surface area contributed by atoms with E-state index in [1.807, 2.05) is 25.2 Å². The van der Waals surface area contributed by atoms with Crippen LogP contribution in [0.25, 0.3) is 0 Å². The van der Waals surface area contributed by atoms with Crippen LogP contribution in [0.4, 0.5) is 0 Å². The lowest BCUT2D eigenvalue weighted by atomic mass is 10.1. The van der Waals surface area contributed by atoms with E-state index in [0.717, 1.165) is 18.1 Å². The lowest BCUT2D eigenvalue weighted by Crippen LogP contribution is -2.39. The number of aliphatic imine (C=N–C) groups is 1. The Labute approximate surface area is 173 Å². The van der Waals surface area contributed by atoms with Crippen molar-refractivity contribution in [3.8, 4) is 11.5 Å². The number of rotatable bonds is 6. The molecule has 2 aromatic rings. The quantitative estimate of drug-likeness (QED) is 0.386. The van der Waals surface area contributed by atoms with Gasteiger partial charge in [0.05, 0.1) is 7.11 Å². The summed E-state index contributed by atoms with van der Waals surface area (Å²) in [6.07, 6.45) is 0.701. The first-order valence-corrected chi connectivity index (χ1v) is 8.37. The molecule has 0 saturated carbocycles. The number of nitrogens with one attached hydrogen (secondary N) is 1. The van der Waals surface area contributed by atoms with Crippen LogP contribution in [-0.4, -0.2) is 43.7 Å². The maximum absolute atomic E-state index is 10.0. The number of phenolic OH excluding ortho intramolecular Hbond substituents is 1. The number of aryl methyl sites for hydroxylation is 1. The van der Waals surface area contributed by atoms with Crippen LogP contribution in [0.2, 0.25) is 0 Å². The van der Waals surface area contributed by atoms with Gasteiger partial charge in [0.2, 0.25) is 0 Å². The largest absolute Gasteiger partial charge is 0.508 e. The van der Waals surface area contributed by atoms with Crippen molar-refractivity contribution in [1.29, 1.82) is 0 Å². The van der Waals surface area contributed by atoms with Gasteiger partial charge >= 0.3 is 0 Å². The molecule has 26 heavy (non-hydrogen) atoms. The van der Waals surface area contributed by atoms with E-state index in [1.54, 1.807) is 20.2 Å². The van der Waals surface area contributed by atoms with E-state index in [-0.39, 0.29) is 29.7 Å². The molecule has 0 aliphatic heterocycles. The summed E-state index contributed by atoms with van der Waals surface area (Å²) in [5.74, 6) is 1.74. The second-order valence-corrected chi connectivity index (χ2v) is 6.00. The Kier molecular flexibility index (Phi) is 9.26. The summed E-state index contributed by atoms with van der Waals surface area (Å²) in [7, 11) is 5.39. The van der Waals surface area contributed by atoms with Gasteiger partial charge in [-0.3, -0.25) is 4.99 Å². The van der Waals surface area contributed by atoms with Crippen molar-refractivity contribution in [2.45, 2.75) is 19.9 Å². The fourth-order valence-corrected chi connectivity index (χ4v) is 2.69. The maximum Gasteiger partial charge on any atom is 0.193 e. The number of nitrogens with zero attached hydrogens (tertiary/aromatic N) is 2. The van der Waals surface area contributed by atoms with Crippen molar-refractivity contribution in [1.82, 2.24) is 10.2 Å². The molecule has 0 atom stereocenters. The van der Waals surface area contributed by atoms with Gasteiger partial charge in [0.1, 0.15) is 11.5 Å². The number of benzene rings is 2. The Morgan fingerprint density at radius 2 is 1.92 bits per heavy atom. The summed E-state index contributed by atoms with van der Waals surface area (Å²) in [5, 5.41) is 13.4. The van der Waals surface area contributed by atoms with Gasteiger partial charge in [0.25, 0.3) is 0 Å². The zero-order valence-corrected chi connectivity index (χ0v) is 18.2. The van der Waals surface area contributed by atoms with Crippen LogP contribution in [0.1, 0.15) is 16.7 Å². The van der Waals surface area contributed by atoms with Gasteiger partial charge in [-0.1, -0.05) is 30.3 Å². The molecule has 0 spiro atoms. The number of phenols is 1. The second-order valence-electron chi connectivity index (χ2n) is 6.00. The number of hydrogen-bond donors (Lipinski definition) is 2. The van der Waals surface area contributed by atoms with Gasteiger partial charge in [-0.25, -0.2) is 0 Å². The van der Waals surface area contributed by atoms with E-state index >= 15 is 0 Å². The number of hydrogen-bond acceptors (Lipinski definition) is 3. The van der Waals surface area contributed by atoms with E-state index in [4.69, 9.17) is 4.74 Å². The van der Waals surface area contributed by atoms with Crippen molar-refractivity contribution >= 4 is 29.9 Å². The van der Waals surface area contributed by atoms with Gasteiger partial charge in [-0.2, -0.15) is 0 Å². The highest BCUT2D eigenvalue weighted by atomic mass is 127. The summed E-state index contributed by atoms with van der Waals surface area (Å²) >= 11 is 0. The summed E-state index contributed by atoms with van der Waals surface area (Å²) in [6.45, 7) is 3.59. The number of guanidine groups is 1. The van der Waals surface area contributed by atoms with Crippen LogP contribution in [0, 0.1) is 6.92 Å². The zero-order chi connectivity index (χ0) is 18.2. The summed E-state index contributed by atoms with van der Waals surface area (Å²) in [5.41, 5.74) is 3.43. The van der Waals surface area contributed by atoms with Gasteiger partial charge in [0.15, 0.2) is 5.96 Å². The molecule has 0 unspecified atom stereocenters. The molecule has 6 heteroatoms. The molecule has 0 bridgehead atoms. The van der Waals surface area contributed by atoms with Crippen molar-refractivity contribution < 1.29 is 9.84 Å². The molecule has 0 amide bonds. The second kappa shape index (κ2) is 10.9. The Morgan fingerprint density at radius 1 is 1.19 bits per heavy atom. The van der Waals surface area contributed by atoms with Crippen LogP contribution in [-0.2, 0) is 13.0 Å². The fourth-order valence-electron chi connectivity index (χ4n) is 2.69. The predicted molar refractivity (Wildman–Crippen MR) is 118 cm³/mol. The van der Waals surface area contributed by atoms with E-state index < -0.39 is 0 Å². The number of methoxy groups -OCH3 is 1. The molecule has 0 saturated heterocycles. The predicted octanol–water partition coefficient (Wildman–Crippen LogP) is 3.58. The first-order chi connectivity index (χ1) is 12.0. The molecule has 0 fully saturated rings. The molecular formula is C20H28IN3O2. The van der Waals surface area contributed by atoms with E-state index in [0.29, 0.717) is 18.7 Å². The van der Waals surface area contributed by atoms with Gasteiger partial charge in [0, 0.05) is 33.3 Å². The highest BCUT2D eigenvalue weighted by molar-refractivity contribution is 14.0. The molecule has 2 N–H and O–H groups in total. The minimum absolute atomic E-state index is 0. The van der Waals surface area contributed by atoms with E-state index in [1.165, 1.54) is 11.1 Å². The Morgan fingerprint density at radius 3 is 2.54 bits per heavy atom. The normalized spacial score (nSPS) is 10.8. The van der Waals surface area contributed by atoms with Gasteiger partial charge in [-0.05, 0) is 36.1 Å². The molecule has 2 aromatic carbocycles. The van der Waals surface area contributed by atoms with Crippen molar-refractivity contribution in [2.75, 3.05) is 27.7 Å². The van der Waals surface area contributed by atoms with Crippen molar-refractivity contribution in [2.24, 2.45) is 4.99 Å². The van der Waals surface area contributed by atoms with Crippen LogP contribution < -0.4 is 10.1 Å². The molecule has 2 rings (SSSR count). The minimum Gasteiger partial charge on any atom is -0.508 e. The topological polar surface area (TPSA) is 57.1 Å². The highest BCUT2D eigenvalue weighted by Crippen LogP contribution is 2.23. The summed E-state index contributed by atoms with van der Waals surface area (Å²) < 4.78 is 5.11. The average Bonchev–Trinajstić information content (AvgIpc) is 2.61. The third-order valence-corrected chi connectivity index (χ3v) is 4.21. The summed E-state index contributed by atoms with van der Waals surface area (Å²) in [6, 6.07) is 13.7. The average molecular weight is 469 g/mol. The maximum atomic E-state index is 10.0. The molecule has 0 aliphatic carbocycles. The highest BCUT2D eigenvalue weighted by Gasteiger charge is 2.09. The molecule has 0 aromatic heterocycles. The lowest BCUT2D eigenvalue weighted by Gasteiger charge is -2.23. The van der Waals surface area contributed by atoms with Crippen LogP contribution in [0.3, 0.4) is 0 Å². The Bertz CT molecular complexity index is 735. The molecule has 0 heterocycles. The lowest BCUT2D eigenvalue weighted by molar-refractivity contribution is 0.406. The van der Waals surface area contributed by atoms with Crippen molar-refractivity contribution in [3.05, 3.63) is 59.2 Å². The zero-order valence-electron chi connectivity index (χ0n) is 15.8. The van der Waals surface area contributed by atoms with Crippen LogP contribution >= 0.6 is 24.0 Å². The smallest absolute Gasteiger partial charge is 0.193 e. The molecule has 5 nitrogen and oxygen atoms in total. The van der Waals surface area contributed by atoms with E-state index in [2.05, 4.69) is 40.3 Å². The van der Waals surface area contributed by atoms with Gasteiger partial charge < -0.3 is 20.1 Å². The Hall–Kier alpha value is -1.96. The number of halogens is 1.